The van der Waals surface area contributed by atoms with Gasteiger partial charge in [0.1, 0.15) is 6.04 Å². The molecule has 0 aliphatic heterocycles. The third-order valence-corrected chi connectivity index (χ3v) is 2.15. The SMILES string of the molecule is CN(CCc1ccccn1)CC(N)C#N. The van der Waals surface area contributed by atoms with E-state index in [4.69, 9.17) is 11.0 Å². The van der Waals surface area contributed by atoms with Gasteiger partial charge >= 0.3 is 0 Å². The molecule has 15 heavy (non-hydrogen) atoms. The quantitative estimate of drug-likeness (QED) is 0.754. The summed E-state index contributed by atoms with van der Waals surface area (Å²) in [4.78, 5) is 6.27. The summed E-state index contributed by atoms with van der Waals surface area (Å²) in [6.07, 6.45) is 2.67. The second kappa shape index (κ2) is 6.12. The smallest absolute Gasteiger partial charge is 0.106 e. The predicted octanol–water partition coefficient (Wildman–Crippen LogP) is 0.407. The zero-order valence-corrected chi connectivity index (χ0v) is 8.93. The average Bonchev–Trinajstić information content (AvgIpc) is 2.27. The van der Waals surface area contributed by atoms with Gasteiger partial charge in [0.25, 0.3) is 0 Å². The normalized spacial score (nSPS) is 12.4. The minimum atomic E-state index is -0.404. The number of aromatic nitrogens is 1. The third-order valence-electron chi connectivity index (χ3n) is 2.15. The first-order chi connectivity index (χ1) is 7.22. The molecule has 0 saturated carbocycles. The maximum Gasteiger partial charge on any atom is 0.106 e. The van der Waals surface area contributed by atoms with Crippen molar-refractivity contribution in [2.45, 2.75) is 12.5 Å². The molecule has 1 atom stereocenters. The van der Waals surface area contributed by atoms with E-state index in [1.807, 2.05) is 36.2 Å². The minimum Gasteiger partial charge on any atom is -0.315 e. The molecule has 0 fully saturated rings. The molecule has 0 amide bonds. The third kappa shape index (κ3) is 4.54. The van der Waals surface area contributed by atoms with Crippen LogP contribution in [0.3, 0.4) is 0 Å². The summed E-state index contributed by atoms with van der Waals surface area (Å²) in [5.41, 5.74) is 6.59. The highest BCUT2D eigenvalue weighted by Gasteiger charge is 2.05. The molecule has 80 valence electrons. The first kappa shape index (κ1) is 11.6. The minimum absolute atomic E-state index is 0.404. The van der Waals surface area contributed by atoms with Crippen LogP contribution in [0, 0.1) is 11.3 Å². The summed E-state index contributed by atoms with van der Waals surface area (Å²) in [5.74, 6) is 0. The number of likely N-dealkylation sites (N-methyl/N-ethyl adjacent to an activating group) is 1. The van der Waals surface area contributed by atoms with Gasteiger partial charge < -0.3 is 10.6 Å². The lowest BCUT2D eigenvalue weighted by Gasteiger charge is -2.16. The van der Waals surface area contributed by atoms with Crippen molar-refractivity contribution in [2.75, 3.05) is 20.1 Å². The summed E-state index contributed by atoms with van der Waals surface area (Å²) < 4.78 is 0. The molecule has 0 aromatic carbocycles. The molecule has 0 spiro atoms. The molecule has 0 radical (unpaired) electrons. The molecule has 4 heteroatoms. The number of nitrogens with two attached hydrogens (primary N) is 1. The summed E-state index contributed by atoms with van der Waals surface area (Å²) >= 11 is 0. The van der Waals surface area contributed by atoms with Crippen LogP contribution in [-0.2, 0) is 6.42 Å². The molecule has 1 rings (SSSR count). The number of pyridine rings is 1. The summed E-state index contributed by atoms with van der Waals surface area (Å²) in [6, 6.07) is 7.49. The number of nitrogens with zero attached hydrogens (tertiary/aromatic N) is 3. The van der Waals surface area contributed by atoms with Gasteiger partial charge in [0.2, 0.25) is 0 Å². The zero-order chi connectivity index (χ0) is 11.1. The molecule has 2 N–H and O–H groups in total. The number of nitriles is 1. The molecular weight excluding hydrogens is 188 g/mol. The summed E-state index contributed by atoms with van der Waals surface area (Å²) in [5, 5.41) is 8.55. The van der Waals surface area contributed by atoms with Gasteiger partial charge in [-0.3, -0.25) is 4.98 Å². The van der Waals surface area contributed by atoms with E-state index in [1.54, 1.807) is 6.20 Å². The second-order valence-corrected chi connectivity index (χ2v) is 3.57. The largest absolute Gasteiger partial charge is 0.315 e. The number of hydrogen-bond donors (Lipinski definition) is 1. The van der Waals surface area contributed by atoms with Crippen molar-refractivity contribution in [1.82, 2.24) is 9.88 Å². The standard InChI is InChI=1S/C11H16N4/c1-15(9-10(13)8-12)7-5-11-4-2-3-6-14-11/h2-4,6,10H,5,7,9,13H2,1H3. The molecule has 0 aliphatic carbocycles. The van der Waals surface area contributed by atoms with Gasteiger partial charge in [-0.05, 0) is 19.2 Å². The van der Waals surface area contributed by atoms with Crippen LogP contribution in [0.4, 0.5) is 0 Å². The van der Waals surface area contributed by atoms with E-state index < -0.39 is 6.04 Å². The number of hydrogen-bond acceptors (Lipinski definition) is 4. The Bertz CT molecular complexity index is 317. The summed E-state index contributed by atoms with van der Waals surface area (Å²) in [6.45, 7) is 1.47. The monoisotopic (exact) mass is 204 g/mol. The van der Waals surface area contributed by atoms with Crippen LogP contribution in [-0.4, -0.2) is 36.1 Å². The Balaban J connectivity index is 2.29. The molecule has 1 aromatic heterocycles. The lowest BCUT2D eigenvalue weighted by Crippen LogP contribution is -2.35. The molecule has 0 bridgehead atoms. The first-order valence-corrected chi connectivity index (χ1v) is 4.96. The fourth-order valence-electron chi connectivity index (χ4n) is 1.32. The predicted molar refractivity (Wildman–Crippen MR) is 59.0 cm³/mol. The van der Waals surface area contributed by atoms with Crippen LogP contribution in [0.15, 0.2) is 24.4 Å². The van der Waals surface area contributed by atoms with E-state index in [0.717, 1.165) is 18.7 Å². The molecule has 0 aliphatic rings. The van der Waals surface area contributed by atoms with Gasteiger partial charge in [-0.2, -0.15) is 5.26 Å². The highest BCUT2D eigenvalue weighted by Crippen LogP contribution is 1.96. The Hall–Kier alpha value is -1.44. The first-order valence-electron chi connectivity index (χ1n) is 4.96. The summed E-state index contributed by atoms with van der Waals surface area (Å²) in [7, 11) is 1.96. The average molecular weight is 204 g/mol. The van der Waals surface area contributed by atoms with Crippen molar-refractivity contribution in [1.29, 1.82) is 5.26 Å². The van der Waals surface area contributed by atoms with Crippen molar-refractivity contribution in [3.63, 3.8) is 0 Å². The van der Waals surface area contributed by atoms with Crippen LogP contribution in [0.2, 0.25) is 0 Å². The molecule has 1 unspecified atom stereocenters. The van der Waals surface area contributed by atoms with Crippen LogP contribution in [0.5, 0.6) is 0 Å². The van der Waals surface area contributed by atoms with Crippen molar-refractivity contribution in [3.05, 3.63) is 30.1 Å². The van der Waals surface area contributed by atoms with Crippen LogP contribution in [0.1, 0.15) is 5.69 Å². The Kier molecular flexibility index (Phi) is 4.75. The van der Waals surface area contributed by atoms with Gasteiger partial charge in [0.15, 0.2) is 0 Å². The van der Waals surface area contributed by atoms with Gasteiger partial charge in [-0.15, -0.1) is 0 Å². The maximum absolute atomic E-state index is 8.55. The fraction of sp³-hybridized carbons (Fsp3) is 0.455. The van der Waals surface area contributed by atoms with E-state index in [9.17, 15) is 0 Å². The zero-order valence-electron chi connectivity index (χ0n) is 8.93. The van der Waals surface area contributed by atoms with E-state index in [1.165, 1.54) is 0 Å². The topological polar surface area (TPSA) is 65.9 Å². The Labute approximate surface area is 90.3 Å². The van der Waals surface area contributed by atoms with Crippen molar-refractivity contribution in [2.24, 2.45) is 5.73 Å². The lowest BCUT2D eigenvalue weighted by atomic mass is 10.2. The molecular formula is C11H16N4. The highest BCUT2D eigenvalue weighted by molar-refractivity contribution is 5.03. The molecule has 1 heterocycles. The van der Waals surface area contributed by atoms with Crippen molar-refractivity contribution >= 4 is 0 Å². The van der Waals surface area contributed by atoms with E-state index in [0.29, 0.717) is 6.54 Å². The van der Waals surface area contributed by atoms with Gasteiger partial charge in [0.05, 0.1) is 6.07 Å². The van der Waals surface area contributed by atoms with E-state index in [-0.39, 0.29) is 0 Å². The Morgan fingerprint density at radius 1 is 1.60 bits per heavy atom. The maximum atomic E-state index is 8.55. The van der Waals surface area contributed by atoms with Gasteiger partial charge in [0, 0.05) is 31.4 Å². The van der Waals surface area contributed by atoms with Crippen molar-refractivity contribution < 1.29 is 0 Å². The molecule has 0 saturated heterocycles. The van der Waals surface area contributed by atoms with Gasteiger partial charge in [-0.25, -0.2) is 0 Å². The number of rotatable bonds is 5. The fourth-order valence-corrected chi connectivity index (χ4v) is 1.32. The second-order valence-electron chi connectivity index (χ2n) is 3.57. The van der Waals surface area contributed by atoms with Crippen LogP contribution >= 0.6 is 0 Å². The Morgan fingerprint density at radius 3 is 3.00 bits per heavy atom. The Morgan fingerprint density at radius 2 is 2.40 bits per heavy atom. The highest BCUT2D eigenvalue weighted by atomic mass is 15.1. The van der Waals surface area contributed by atoms with E-state index >= 15 is 0 Å². The molecule has 4 nitrogen and oxygen atoms in total. The van der Waals surface area contributed by atoms with Crippen LogP contribution in [0.25, 0.3) is 0 Å². The van der Waals surface area contributed by atoms with Crippen LogP contribution < -0.4 is 5.73 Å². The van der Waals surface area contributed by atoms with Crippen molar-refractivity contribution in [3.8, 4) is 6.07 Å². The lowest BCUT2D eigenvalue weighted by molar-refractivity contribution is 0.330. The molecule has 1 aromatic rings. The van der Waals surface area contributed by atoms with Gasteiger partial charge in [-0.1, -0.05) is 6.07 Å². The van der Waals surface area contributed by atoms with E-state index in [2.05, 4.69) is 4.98 Å².